The van der Waals surface area contributed by atoms with Gasteiger partial charge in [-0.25, -0.2) is 0 Å². The molecule has 1 aliphatic rings. The lowest BCUT2D eigenvalue weighted by Crippen LogP contribution is -2.15. The molecule has 0 saturated heterocycles. The van der Waals surface area contributed by atoms with Gasteiger partial charge in [0.05, 0.1) is 6.10 Å². The predicted molar refractivity (Wildman–Crippen MR) is 67.9 cm³/mol. The van der Waals surface area contributed by atoms with Crippen molar-refractivity contribution in [2.45, 2.75) is 39.2 Å². The molecular formula is C14H19ClO. The minimum absolute atomic E-state index is 0.213. The number of halogens is 1. The third kappa shape index (κ3) is 2.26. The summed E-state index contributed by atoms with van der Waals surface area (Å²) in [5.74, 6) is 1.60. The molecule has 0 spiro atoms. The molecule has 4 atom stereocenters. The van der Waals surface area contributed by atoms with Gasteiger partial charge in [0.1, 0.15) is 0 Å². The van der Waals surface area contributed by atoms with Gasteiger partial charge in [-0.2, -0.15) is 0 Å². The summed E-state index contributed by atoms with van der Waals surface area (Å²) < 4.78 is 0. The van der Waals surface area contributed by atoms with E-state index in [0.717, 1.165) is 5.02 Å². The van der Waals surface area contributed by atoms with E-state index in [0.29, 0.717) is 17.8 Å². The first-order valence-corrected chi connectivity index (χ1v) is 6.32. The van der Waals surface area contributed by atoms with Gasteiger partial charge >= 0.3 is 0 Å². The second kappa shape index (κ2) is 4.38. The van der Waals surface area contributed by atoms with Crippen LogP contribution in [-0.4, -0.2) is 11.2 Å². The molecule has 0 aromatic heterocycles. The van der Waals surface area contributed by atoms with Crippen LogP contribution in [0, 0.1) is 18.8 Å². The van der Waals surface area contributed by atoms with E-state index < -0.39 is 0 Å². The lowest BCUT2D eigenvalue weighted by Gasteiger charge is -2.15. The fourth-order valence-electron chi connectivity index (χ4n) is 2.52. The molecule has 1 fully saturated rings. The zero-order valence-corrected chi connectivity index (χ0v) is 10.8. The molecule has 4 unspecified atom stereocenters. The average molecular weight is 239 g/mol. The third-order valence-corrected chi connectivity index (χ3v) is 4.15. The second-order valence-electron chi connectivity index (χ2n) is 5.11. The van der Waals surface area contributed by atoms with Crippen LogP contribution in [0.15, 0.2) is 18.2 Å². The summed E-state index contributed by atoms with van der Waals surface area (Å²) in [6, 6.07) is 6.10. The van der Waals surface area contributed by atoms with Crippen LogP contribution in [0.5, 0.6) is 0 Å². The highest BCUT2D eigenvalue weighted by atomic mass is 35.5. The summed E-state index contributed by atoms with van der Waals surface area (Å²) in [5, 5.41) is 10.4. The van der Waals surface area contributed by atoms with E-state index in [2.05, 4.69) is 26.0 Å². The molecule has 1 saturated carbocycles. The van der Waals surface area contributed by atoms with Crippen molar-refractivity contribution in [3.63, 3.8) is 0 Å². The van der Waals surface area contributed by atoms with Crippen molar-refractivity contribution in [1.82, 2.24) is 0 Å². The van der Waals surface area contributed by atoms with Crippen LogP contribution in [0.2, 0.25) is 5.02 Å². The zero-order valence-electron chi connectivity index (χ0n) is 10.1. The Morgan fingerprint density at radius 2 is 2.06 bits per heavy atom. The van der Waals surface area contributed by atoms with Crippen LogP contribution in [0.25, 0.3) is 0 Å². The predicted octanol–water partition coefficient (Wildman–Crippen LogP) is 3.77. The Kier molecular flexibility index (Phi) is 3.27. The number of aryl methyl sites for hydroxylation is 1. The molecule has 1 aliphatic carbocycles. The first-order valence-electron chi connectivity index (χ1n) is 5.95. The topological polar surface area (TPSA) is 20.2 Å². The maximum atomic E-state index is 9.59. The maximum absolute atomic E-state index is 9.59. The molecular weight excluding hydrogens is 220 g/mol. The zero-order chi connectivity index (χ0) is 11.9. The molecule has 2 heteroatoms. The summed E-state index contributed by atoms with van der Waals surface area (Å²) in [6.07, 6.45) is 0.974. The number of hydrogen-bond donors (Lipinski definition) is 1. The number of benzene rings is 1. The largest absolute Gasteiger partial charge is 0.393 e. The lowest BCUT2D eigenvalue weighted by molar-refractivity contribution is 0.122. The van der Waals surface area contributed by atoms with Crippen molar-refractivity contribution in [3.8, 4) is 0 Å². The van der Waals surface area contributed by atoms with Crippen LogP contribution in [0.1, 0.15) is 37.3 Å². The van der Waals surface area contributed by atoms with Crippen molar-refractivity contribution in [2.75, 3.05) is 0 Å². The number of aliphatic hydroxyl groups is 1. The van der Waals surface area contributed by atoms with Crippen molar-refractivity contribution < 1.29 is 5.11 Å². The van der Waals surface area contributed by atoms with E-state index in [-0.39, 0.29) is 6.10 Å². The normalized spacial score (nSPS) is 27.6. The van der Waals surface area contributed by atoms with Crippen LogP contribution in [0.3, 0.4) is 0 Å². The Labute approximate surface area is 102 Å². The van der Waals surface area contributed by atoms with E-state index in [1.165, 1.54) is 17.5 Å². The van der Waals surface area contributed by atoms with E-state index in [1.54, 1.807) is 0 Å². The molecule has 0 bridgehead atoms. The van der Waals surface area contributed by atoms with E-state index in [4.69, 9.17) is 11.6 Å². The highest BCUT2D eigenvalue weighted by Gasteiger charge is 2.43. The van der Waals surface area contributed by atoms with Crippen LogP contribution < -0.4 is 0 Å². The molecule has 0 heterocycles. The van der Waals surface area contributed by atoms with Gasteiger partial charge in [0.2, 0.25) is 0 Å². The number of hydrogen-bond acceptors (Lipinski definition) is 1. The first-order chi connectivity index (χ1) is 7.50. The second-order valence-corrected chi connectivity index (χ2v) is 5.54. The summed E-state index contributed by atoms with van der Waals surface area (Å²) in [6.45, 7) is 6.15. The quantitative estimate of drug-likeness (QED) is 0.850. The molecule has 0 amide bonds. The highest BCUT2D eigenvalue weighted by Crippen LogP contribution is 2.53. The van der Waals surface area contributed by atoms with E-state index >= 15 is 0 Å². The minimum atomic E-state index is -0.213. The van der Waals surface area contributed by atoms with E-state index in [9.17, 15) is 5.11 Å². The number of rotatable bonds is 3. The molecule has 0 aliphatic heterocycles. The molecule has 16 heavy (non-hydrogen) atoms. The molecule has 1 nitrogen and oxygen atoms in total. The van der Waals surface area contributed by atoms with Gasteiger partial charge in [-0.1, -0.05) is 24.6 Å². The average Bonchev–Trinajstić information content (AvgIpc) is 3.00. The Hall–Kier alpha value is -0.530. The fraction of sp³-hybridized carbons (Fsp3) is 0.571. The minimum Gasteiger partial charge on any atom is -0.393 e. The van der Waals surface area contributed by atoms with Gasteiger partial charge < -0.3 is 5.11 Å². The Morgan fingerprint density at radius 1 is 1.38 bits per heavy atom. The van der Waals surface area contributed by atoms with Gasteiger partial charge in [0, 0.05) is 5.02 Å². The van der Waals surface area contributed by atoms with Crippen molar-refractivity contribution >= 4 is 11.6 Å². The van der Waals surface area contributed by atoms with Gasteiger partial charge in [-0.15, -0.1) is 0 Å². The smallest absolute Gasteiger partial charge is 0.0540 e. The SMILES string of the molecule is Cc1ccc(Cl)cc1C1CC1C(C)C(C)O. The Morgan fingerprint density at radius 3 is 2.69 bits per heavy atom. The van der Waals surface area contributed by atoms with Crippen molar-refractivity contribution in [3.05, 3.63) is 34.3 Å². The van der Waals surface area contributed by atoms with Gasteiger partial charge in [0.15, 0.2) is 0 Å². The summed E-state index contributed by atoms with van der Waals surface area (Å²) in [7, 11) is 0. The third-order valence-electron chi connectivity index (χ3n) is 3.92. The lowest BCUT2D eigenvalue weighted by atomic mass is 9.95. The van der Waals surface area contributed by atoms with E-state index in [1.807, 2.05) is 13.0 Å². The van der Waals surface area contributed by atoms with Gasteiger partial charge in [-0.05, 0) is 61.3 Å². The first kappa shape index (κ1) is 11.9. The van der Waals surface area contributed by atoms with Gasteiger partial charge in [-0.3, -0.25) is 0 Å². The Balaban J connectivity index is 2.14. The fourth-order valence-corrected chi connectivity index (χ4v) is 2.70. The standard InChI is InChI=1S/C14H19ClO/c1-8-4-5-11(15)6-12(8)14-7-13(14)9(2)10(3)16/h4-6,9-10,13-14,16H,7H2,1-3H3. The highest BCUT2D eigenvalue weighted by molar-refractivity contribution is 6.30. The molecule has 88 valence electrons. The number of aliphatic hydroxyl groups excluding tert-OH is 1. The molecule has 1 aromatic rings. The van der Waals surface area contributed by atoms with Crippen LogP contribution >= 0.6 is 11.6 Å². The summed E-state index contributed by atoms with van der Waals surface area (Å²) >= 11 is 6.03. The molecule has 2 rings (SSSR count). The van der Waals surface area contributed by atoms with Gasteiger partial charge in [0.25, 0.3) is 0 Å². The van der Waals surface area contributed by atoms with Crippen LogP contribution in [-0.2, 0) is 0 Å². The summed E-state index contributed by atoms with van der Waals surface area (Å²) in [5.41, 5.74) is 2.68. The van der Waals surface area contributed by atoms with Crippen molar-refractivity contribution in [1.29, 1.82) is 0 Å². The van der Waals surface area contributed by atoms with Crippen LogP contribution in [0.4, 0.5) is 0 Å². The Bertz CT molecular complexity index is 386. The molecule has 1 aromatic carbocycles. The maximum Gasteiger partial charge on any atom is 0.0540 e. The molecule has 0 radical (unpaired) electrons. The van der Waals surface area contributed by atoms with Crippen molar-refractivity contribution in [2.24, 2.45) is 11.8 Å². The summed E-state index contributed by atoms with van der Waals surface area (Å²) in [4.78, 5) is 0. The molecule has 1 N–H and O–H groups in total. The monoisotopic (exact) mass is 238 g/mol.